The smallest absolute Gasteiger partial charge is 0.166 e. The maximum Gasteiger partial charge on any atom is 0.166 e. The second kappa shape index (κ2) is 6.43. The number of nitrogens with zero attached hydrogens (tertiary/aromatic N) is 1. The Bertz CT molecular complexity index is 447. The minimum Gasteiger partial charge on any atom is -0.486 e. The van der Waals surface area contributed by atoms with Gasteiger partial charge in [0.05, 0.1) is 0 Å². The highest BCUT2D eigenvalue weighted by atomic mass is 16.6. The topological polar surface area (TPSA) is 54.0 Å². The molecule has 0 bridgehead atoms. The largest absolute Gasteiger partial charge is 0.486 e. The molecule has 2 aliphatic heterocycles. The van der Waals surface area contributed by atoms with Crippen molar-refractivity contribution in [3.63, 3.8) is 0 Å². The third-order valence-electron chi connectivity index (χ3n) is 3.95. The highest BCUT2D eigenvalue weighted by Gasteiger charge is 2.27. The summed E-state index contributed by atoms with van der Waals surface area (Å²) in [6.07, 6.45) is 0.722. The van der Waals surface area contributed by atoms with Gasteiger partial charge in [0.15, 0.2) is 11.5 Å². The van der Waals surface area contributed by atoms with Crippen molar-refractivity contribution in [3.05, 3.63) is 23.8 Å². The molecule has 20 heavy (non-hydrogen) atoms. The summed E-state index contributed by atoms with van der Waals surface area (Å²) in [7, 11) is 0. The first-order valence-corrected chi connectivity index (χ1v) is 7.34. The van der Waals surface area contributed by atoms with E-state index < -0.39 is 0 Å². The molecule has 0 amide bonds. The van der Waals surface area contributed by atoms with E-state index >= 15 is 0 Å². The van der Waals surface area contributed by atoms with Crippen LogP contribution in [-0.2, 0) is 0 Å². The molecule has 1 atom stereocenters. The lowest BCUT2D eigenvalue weighted by atomic mass is 9.99. The SMILES string of the molecule is OCC[C@H](c1cccc2c1OCCO2)N1CCNCC1. The first kappa shape index (κ1) is 13.7. The standard InChI is InChI=1S/C15H22N2O3/c18-9-4-13(17-7-5-16-6-8-17)12-2-1-3-14-15(12)20-11-10-19-14/h1-3,13,16,18H,4-11H2/t13-/m1/s1. The van der Waals surface area contributed by atoms with Crippen LogP contribution in [-0.4, -0.2) is 56.0 Å². The van der Waals surface area contributed by atoms with Crippen molar-refractivity contribution in [2.45, 2.75) is 12.5 Å². The van der Waals surface area contributed by atoms with Crippen molar-refractivity contribution in [1.29, 1.82) is 0 Å². The molecular weight excluding hydrogens is 256 g/mol. The van der Waals surface area contributed by atoms with Crippen molar-refractivity contribution in [3.8, 4) is 11.5 Å². The molecule has 0 saturated carbocycles. The number of aliphatic hydroxyl groups is 1. The Morgan fingerprint density at radius 2 is 2.00 bits per heavy atom. The average molecular weight is 278 g/mol. The molecule has 1 saturated heterocycles. The van der Waals surface area contributed by atoms with Crippen LogP contribution in [0.2, 0.25) is 0 Å². The quantitative estimate of drug-likeness (QED) is 0.853. The monoisotopic (exact) mass is 278 g/mol. The Hall–Kier alpha value is -1.30. The Labute approximate surface area is 119 Å². The number of benzene rings is 1. The van der Waals surface area contributed by atoms with Gasteiger partial charge in [-0.05, 0) is 12.5 Å². The molecule has 3 rings (SSSR count). The Kier molecular flexibility index (Phi) is 4.40. The van der Waals surface area contributed by atoms with Crippen LogP contribution in [0.3, 0.4) is 0 Å². The van der Waals surface area contributed by atoms with Crippen molar-refractivity contribution in [2.24, 2.45) is 0 Å². The zero-order valence-electron chi connectivity index (χ0n) is 11.7. The van der Waals surface area contributed by atoms with Crippen LogP contribution in [0.4, 0.5) is 0 Å². The molecule has 0 radical (unpaired) electrons. The minimum atomic E-state index is 0.180. The Morgan fingerprint density at radius 3 is 2.80 bits per heavy atom. The first-order valence-electron chi connectivity index (χ1n) is 7.34. The molecular formula is C15H22N2O3. The Morgan fingerprint density at radius 1 is 1.20 bits per heavy atom. The number of ether oxygens (including phenoxy) is 2. The molecule has 0 unspecified atom stereocenters. The van der Waals surface area contributed by atoms with Crippen LogP contribution in [0.1, 0.15) is 18.0 Å². The third-order valence-corrected chi connectivity index (χ3v) is 3.95. The van der Waals surface area contributed by atoms with Crippen LogP contribution in [0.25, 0.3) is 0 Å². The summed E-state index contributed by atoms with van der Waals surface area (Å²) >= 11 is 0. The first-order chi connectivity index (χ1) is 9.90. The van der Waals surface area contributed by atoms with Gasteiger partial charge in [0.2, 0.25) is 0 Å². The molecule has 110 valence electrons. The van der Waals surface area contributed by atoms with E-state index in [1.54, 1.807) is 0 Å². The van der Waals surface area contributed by atoms with Gasteiger partial charge in [0, 0.05) is 44.4 Å². The molecule has 1 aromatic carbocycles. The summed E-state index contributed by atoms with van der Waals surface area (Å²) < 4.78 is 11.5. The third kappa shape index (κ3) is 2.75. The molecule has 0 spiro atoms. The summed E-state index contributed by atoms with van der Waals surface area (Å²) in [5.41, 5.74) is 1.14. The van der Waals surface area contributed by atoms with Crippen LogP contribution in [0.15, 0.2) is 18.2 Å². The van der Waals surface area contributed by atoms with E-state index in [0.717, 1.165) is 49.7 Å². The predicted octanol–water partition coefficient (Wildman–Crippen LogP) is 0.786. The number of hydrogen-bond donors (Lipinski definition) is 2. The van der Waals surface area contributed by atoms with Gasteiger partial charge >= 0.3 is 0 Å². The van der Waals surface area contributed by atoms with Gasteiger partial charge in [0.1, 0.15) is 13.2 Å². The summed E-state index contributed by atoms with van der Waals surface area (Å²) in [5.74, 6) is 1.68. The van der Waals surface area contributed by atoms with Gasteiger partial charge in [-0.15, -0.1) is 0 Å². The number of aliphatic hydroxyl groups excluding tert-OH is 1. The van der Waals surface area contributed by atoms with Crippen molar-refractivity contribution in [1.82, 2.24) is 10.2 Å². The lowest BCUT2D eigenvalue weighted by Gasteiger charge is -2.36. The van der Waals surface area contributed by atoms with Crippen molar-refractivity contribution < 1.29 is 14.6 Å². The average Bonchev–Trinajstić information content (AvgIpc) is 2.53. The fourth-order valence-corrected chi connectivity index (χ4v) is 3.01. The zero-order chi connectivity index (χ0) is 13.8. The van der Waals surface area contributed by atoms with Crippen LogP contribution in [0, 0.1) is 0 Å². The molecule has 0 aliphatic carbocycles. The summed E-state index contributed by atoms with van der Waals surface area (Å²) in [5, 5.41) is 12.8. The summed E-state index contributed by atoms with van der Waals surface area (Å²) in [4.78, 5) is 2.42. The number of para-hydroxylation sites is 1. The fraction of sp³-hybridized carbons (Fsp3) is 0.600. The maximum absolute atomic E-state index is 9.42. The maximum atomic E-state index is 9.42. The number of fused-ring (bicyclic) bond motifs is 1. The van der Waals surface area contributed by atoms with E-state index in [9.17, 15) is 5.11 Å². The molecule has 0 aromatic heterocycles. The van der Waals surface area contributed by atoms with Gasteiger partial charge in [-0.2, -0.15) is 0 Å². The van der Waals surface area contributed by atoms with Crippen LogP contribution >= 0.6 is 0 Å². The molecule has 2 aliphatic rings. The normalized spacial score (nSPS) is 20.6. The van der Waals surface area contributed by atoms with Gasteiger partial charge in [-0.25, -0.2) is 0 Å². The molecule has 5 nitrogen and oxygen atoms in total. The summed E-state index contributed by atoms with van der Waals surface area (Å²) in [6.45, 7) is 5.36. The molecule has 2 heterocycles. The Balaban J connectivity index is 1.90. The zero-order valence-corrected chi connectivity index (χ0v) is 11.7. The predicted molar refractivity (Wildman–Crippen MR) is 76.3 cm³/mol. The molecule has 1 fully saturated rings. The number of rotatable bonds is 4. The second-order valence-corrected chi connectivity index (χ2v) is 5.19. The fourth-order valence-electron chi connectivity index (χ4n) is 3.01. The molecule has 1 aromatic rings. The second-order valence-electron chi connectivity index (χ2n) is 5.19. The van der Waals surface area contributed by atoms with E-state index in [1.807, 2.05) is 12.1 Å². The van der Waals surface area contributed by atoms with E-state index in [-0.39, 0.29) is 12.6 Å². The number of piperazine rings is 1. The van der Waals surface area contributed by atoms with E-state index in [0.29, 0.717) is 13.2 Å². The van der Waals surface area contributed by atoms with Crippen molar-refractivity contribution >= 4 is 0 Å². The molecule has 5 heteroatoms. The summed E-state index contributed by atoms with van der Waals surface area (Å²) in [6, 6.07) is 6.25. The highest BCUT2D eigenvalue weighted by Crippen LogP contribution is 2.40. The van der Waals surface area contributed by atoms with E-state index in [1.165, 1.54) is 0 Å². The number of nitrogens with one attached hydrogen (secondary N) is 1. The van der Waals surface area contributed by atoms with Crippen LogP contribution < -0.4 is 14.8 Å². The minimum absolute atomic E-state index is 0.180. The van der Waals surface area contributed by atoms with E-state index in [2.05, 4.69) is 16.3 Å². The highest BCUT2D eigenvalue weighted by molar-refractivity contribution is 5.49. The molecule has 2 N–H and O–H groups in total. The van der Waals surface area contributed by atoms with Crippen LogP contribution in [0.5, 0.6) is 11.5 Å². The lowest BCUT2D eigenvalue weighted by Crippen LogP contribution is -2.45. The van der Waals surface area contributed by atoms with Gasteiger partial charge in [-0.1, -0.05) is 12.1 Å². The van der Waals surface area contributed by atoms with Gasteiger partial charge in [-0.3, -0.25) is 4.90 Å². The number of hydrogen-bond acceptors (Lipinski definition) is 5. The van der Waals surface area contributed by atoms with Crippen molar-refractivity contribution in [2.75, 3.05) is 46.0 Å². The van der Waals surface area contributed by atoms with Gasteiger partial charge in [0.25, 0.3) is 0 Å². The van der Waals surface area contributed by atoms with Gasteiger partial charge < -0.3 is 19.9 Å². The lowest BCUT2D eigenvalue weighted by molar-refractivity contribution is 0.129. The van der Waals surface area contributed by atoms with E-state index in [4.69, 9.17) is 9.47 Å².